The molecule has 2 atom stereocenters. The molecule has 1 aromatic carbocycles. The highest BCUT2D eigenvalue weighted by molar-refractivity contribution is 5.81. The monoisotopic (exact) mass is 338 g/mol. The first-order chi connectivity index (χ1) is 12.2. The highest BCUT2D eigenvalue weighted by Gasteiger charge is 2.29. The second-order valence-electron chi connectivity index (χ2n) is 6.71. The first-order valence-corrected chi connectivity index (χ1v) is 8.81. The molecule has 1 fully saturated rings. The molecule has 0 aliphatic carbocycles. The van der Waals surface area contributed by atoms with Crippen molar-refractivity contribution in [3.63, 3.8) is 0 Å². The fraction of sp³-hybridized carbons (Fsp3) is 0.400. The van der Waals surface area contributed by atoms with Crippen molar-refractivity contribution in [2.75, 3.05) is 13.2 Å². The summed E-state index contributed by atoms with van der Waals surface area (Å²) >= 11 is 0. The van der Waals surface area contributed by atoms with Gasteiger partial charge in [0.05, 0.1) is 12.2 Å². The van der Waals surface area contributed by atoms with E-state index >= 15 is 0 Å². The summed E-state index contributed by atoms with van der Waals surface area (Å²) in [7, 11) is 0. The number of benzene rings is 1. The molecule has 0 unspecified atom stereocenters. The van der Waals surface area contributed by atoms with E-state index in [9.17, 15) is 4.79 Å². The molecule has 0 saturated carbocycles. The van der Waals surface area contributed by atoms with Crippen molar-refractivity contribution < 1.29 is 14.3 Å². The van der Waals surface area contributed by atoms with Gasteiger partial charge in [-0.25, -0.2) is 0 Å². The Morgan fingerprint density at radius 2 is 2.28 bits per heavy atom. The number of hydrogen-bond acceptors (Lipinski definition) is 4. The van der Waals surface area contributed by atoms with Crippen LogP contribution in [0, 0.1) is 6.92 Å². The van der Waals surface area contributed by atoms with E-state index in [1.165, 1.54) is 11.1 Å². The zero-order valence-corrected chi connectivity index (χ0v) is 14.3. The zero-order valence-electron chi connectivity index (χ0n) is 14.3. The maximum absolute atomic E-state index is 12.1. The van der Waals surface area contributed by atoms with Gasteiger partial charge in [-0.15, -0.1) is 0 Å². The maximum Gasteiger partial charge on any atom is 0.249 e. The van der Waals surface area contributed by atoms with Gasteiger partial charge in [0.15, 0.2) is 0 Å². The standard InChI is InChI=1S/C20H22N2O3/c1-13-9-14-11-15(12-22-20(23)18-6-4-8-24-18)25-19(14)16(10-13)17-5-2-3-7-21-17/h2-3,5,7,9-10,15,18H,4,6,8,11-12H2,1H3,(H,22,23)/t15-,18-/m0/s1. The van der Waals surface area contributed by atoms with E-state index in [-0.39, 0.29) is 18.1 Å². The lowest BCUT2D eigenvalue weighted by Crippen LogP contribution is -2.40. The van der Waals surface area contributed by atoms with Crippen molar-refractivity contribution in [2.24, 2.45) is 0 Å². The molecule has 2 aromatic rings. The number of amides is 1. The van der Waals surface area contributed by atoms with Crippen LogP contribution in [0.3, 0.4) is 0 Å². The Balaban J connectivity index is 1.48. The van der Waals surface area contributed by atoms with Crippen LogP contribution in [0.15, 0.2) is 36.5 Å². The Labute approximate surface area is 147 Å². The summed E-state index contributed by atoms with van der Waals surface area (Å²) in [5, 5.41) is 2.97. The van der Waals surface area contributed by atoms with Crippen LogP contribution in [0.2, 0.25) is 0 Å². The van der Waals surface area contributed by atoms with Crippen molar-refractivity contribution in [3.8, 4) is 17.0 Å². The second kappa shape index (κ2) is 6.84. The van der Waals surface area contributed by atoms with Crippen LogP contribution >= 0.6 is 0 Å². The summed E-state index contributed by atoms with van der Waals surface area (Å²) in [6.45, 7) is 3.25. The van der Waals surface area contributed by atoms with Gasteiger partial charge < -0.3 is 14.8 Å². The fourth-order valence-corrected chi connectivity index (χ4v) is 3.53. The van der Waals surface area contributed by atoms with Gasteiger partial charge in [-0.3, -0.25) is 9.78 Å². The number of nitrogens with zero attached hydrogens (tertiary/aromatic N) is 1. The number of aromatic nitrogens is 1. The average molecular weight is 338 g/mol. The summed E-state index contributed by atoms with van der Waals surface area (Å²) in [5.41, 5.74) is 4.29. The molecule has 1 N–H and O–H groups in total. The van der Waals surface area contributed by atoms with Gasteiger partial charge in [-0.1, -0.05) is 12.1 Å². The molecule has 4 rings (SSSR count). The zero-order chi connectivity index (χ0) is 17.2. The molecular weight excluding hydrogens is 316 g/mol. The minimum absolute atomic E-state index is 0.0295. The predicted octanol–water partition coefficient (Wildman–Crippen LogP) is 2.66. The number of pyridine rings is 1. The first-order valence-electron chi connectivity index (χ1n) is 8.81. The van der Waals surface area contributed by atoms with Crippen molar-refractivity contribution >= 4 is 5.91 Å². The number of hydrogen-bond donors (Lipinski definition) is 1. The lowest BCUT2D eigenvalue weighted by molar-refractivity contribution is -0.130. The molecule has 5 heteroatoms. The highest BCUT2D eigenvalue weighted by Crippen LogP contribution is 2.39. The number of nitrogens with one attached hydrogen (secondary N) is 1. The largest absolute Gasteiger partial charge is 0.487 e. The fourth-order valence-electron chi connectivity index (χ4n) is 3.53. The predicted molar refractivity (Wildman–Crippen MR) is 94.5 cm³/mol. The molecule has 130 valence electrons. The van der Waals surface area contributed by atoms with Gasteiger partial charge in [-0.2, -0.15) is 0 Å². The van der Waals surface area contributed by atoms with E-state index in [0.29, 0.717) is 13.2 Å². The summed E-state index contributed by atoms with van der Waals surface area (Å²) in [4.78, 5) is 16.6. The maximum atomic E-state index is 12.1. The van der Waals surface area contributed by atoms with E-state index in [4.69, 9.17) is 9.47 Å². The SMILES string of the molecule is Cc1cc2c(c(-c3ccccn3)c1)O[C@H](CNC(=O)[C@@H]1CCCO1)C2. The Morgan fingerprint density at radius 1 is 1.36 bits per heavy atom. The number of aryl methyl sites for hydroxylation is 1. The van der Waals surface area contributed by atoms with E-state index in [0.717, 1.165) is 36.3 Å². The Morgan fingerprint density at radius 3 is 3.04 bits per heavy atom. The Kier molecular flexibility index (Phi) is 4.40. The third-order valence-electron chi connectivity index (χ3n) is 4.71. The Bertz CT molecular complexity index is 770. The third kappa shape index (κ3) is 3.37. The van der Waals surface area contributed by atoms with Crippen LogP contribution in [0.25, 0.3) is 11.3 Å². The molecule has 0 radical (unpaired) electrons. The van der Waals surface area contributed by atoms with Crippen LogP contribution in [-0.4, -0.2) is 36.3 Å². The highest BCUT2D eigenvalue weighted by atomic mass is 16.5. The number of carbonyl (C=O) groups is 1. The lowest BCUT2D eigenvalue weighted by atomic mass is 10.0. The summed E-state index contributed by atoms with van der Waals surface area (Å²) < 4.78 is 11.6. The van der Waals surface area contributed by atoms with Crippen LogP contribution in [0.5, 0.6) is 5.75 Å². The van der Waals surface area contributed by atoms with Gasteiger partial charge in [0.2, 0.25) is 5.91 Å². The molecule has 5 nitrogen and oxygen atoms in total. The molecule has 3 heterocycles. The number of carbonyl (C=O) groups excluding carboxylic acids is 1. The molecule has 2 aliphatic rings. The number of rotatable bonds is 4. The van der Waals surface area contributed by atoms with Crippen molar-refractivity contribution in [1.29, 1.82) is 0 Å². The average Bonchev–Trinajstić information content (AvgIpc) is 3.29. The van der Waals surface area contributed by atoms with Gasteiger partial charge in [0.1, 0.15) is 18.0 Å². The topological polar surface area (TPSA) is 60.5 Å². The molecule has 1 aromatic heterocycles. The van der Waals surface area contributed by atoms with Gasteiger partial charge in [-0.05, 0) is 49.1 Å². The molecule has 1 amide bonds. The van der Waals surface area contributed by atoms with Crippen molar-refractivity contribution in [2.45, 2.75) is 38.4 Å². The minimum atomic E-state index is -0.296. The lowest BCUT2D eigenvalue weighted by Gasteiger charge is -2.15. The number of fused-ring (bicyclic) bond motifs is 1. The quantitative estimate of drug-likeness (QED) is 0.931. The first kappa shape index (κ1) is 16.1. The van der Waals surface area contributed by atoms with E-state index in [1.54, 1.807) is 6.20 Å². The molecule has 0 bridgehead atoms. The van der Waals surface area contributed by atoms with Gasteiger partial charge in [0, 0.05) is 24.8 Å². The van der Waals surface area contributed by atoms with Crippen LogP contribution < -0.4 is 10.1 Å². The second-order valence-corrected chi connectivity index (χ2v) is 6.71. The molecule has 1 saturated heterocycles. The molecule has 25 heavy (non-hydrogen) atoms. The minimum Gasteiger partial charge on any atom is -0.487 e. The van der Waals surface area contributed by atoms with E-state index in [1.807, 2.05) is 18.2 Å². The smallest absolute Gasteiger partial charge is 0.249 e. The van der Waals surface area contributed by atoms with Gasteiger partial charge in [0.25, 0.3) is 0 Å². The van der Waals surface area contributed by atoms with Crippen molar-refractivity contribution in [1.82, 2.24) is 10.3 Å². The summed E-state index contributed by atoms with van der Waals surface area (Å²) in [5.74, 6) is 0.860. The van der Waals surface area contributed by atoms with E-state index in [2.05, 4.69) is 29.4 Å². The van der Waals surface area contributed by atoms with Crippen LogP contribution in [0.1, 0.15) is 24.0 Å². The normalized spacial score (nSPS) is 21.6. The van der Waals surface area contributed by atoms with Crippen LogP contribution in [-0.2, 0) is 16.0 Å². The summed E-state index contributed by atoms with van der Waals surface area (Å²) in [6.07, 6.45) is 4.00. The van der Waals surface area contributed by atoms with E-state index < -0.39 is 0 Å². The molecular formula is C20H22N2O3. The van der Waals surface area contributed by atoms with Crippen LogP contribution in [0.4, 0.5) is 0 Å². The third-order valence-corrected chi connectivity index (χ3v) is 4.71. The molecule has 0 spiro atoms. The van der Waals surface area contributed by atoms with Crippen molar-refractivity contribution in [3.05, 3.63) is 47.7 Å². The van der Waals surface area contributed by atoms with Gasteiger partial charge >= 0.3 is 0 Å². The summed E-state index contributed by atoms with van der Waals surface area (Å²) in [6, 6.07) is 10.1. The number of ether oxygens (including phenoxy) is 2. The Hall–Kier alpha value is -2.40. The molecule has 2 aliphatic heterocycles.